The molecule has 0 aliphatic carbocycles. The smallest absolute Gasteiger partial charge is 0.295 e. The van der Waals surface area contributed by atoms with Crippen LogP contribution in [0.1, 0.15) is 55.8 Å². The van der Waals surface area contributed by atoms with E-state index in [4.69, 9.17) is 14.2 Å². The number of methoxy groups -OCH3 is 1. The first-order chi connectivity index (χ1) is 16.9. The second-order valence-electron chi connectivity index (χ2n) is 8.55. The minimum absolute atomic E-state index is 0.0500. The van der Waals surface area contributed by atoms with Crippen LogP contribution in [0.4, 0.5) is 0 Å². The van der Waals surface area contributed by atoms with Gasteiger partial charge in [-0.15, -0.1) is 0 Å². The lowest BCUT2D eigenvalue weighted by atomic mass is 9.94. The average molecular weight is 482 g/mol. The van der Waals surface area contributed by atoms with Crippen LogP contribution in [0.5, 0.6) is 11.5 Å². The van der Waals surface area contributed by atoms with E-state index in [9.17, 15) is 14.7 Å². The van der Waals surface area contributed by atoms with Crippen molar-refractivity contribution in [1.82, 2.24) is 4.90 Å². The van der Waals surface area contributed by atoms with E-state index >= 15 is 0 Å². The molecule has 1 heterocycles. The Kier molecular flexibility index (Phi) is 9.32. The molecule has 0 aromatic heterocycles. The van der Waals surface area contributed by atoms with Crippen molar-refractivity contribution in [2.45, 2.75) is 46.1 Å². The minimum Gasteiger partial charge on any atom is -0.507 e. The van der Waals surface area contributed by atoms with Crippen molar-refractivity contribution in [2.24, 2.45) is 0 Å². The van der Waals surface area contributed by atoms with Gasteiger partial charge in [-0.2, -0.15) is 0 Å². The number of benzene rings is 2. The molecule has 1 aliphatic rings. The maximum atomic E-state index is 13.1. The number of ether oxygens (including phenoxy) is 3. The van der Waals surface area contributed by atoms with E-state index in [-0.39, 0.29) is 24.5 Å². The molecule has 2 aromatic rings. The third kappa shape index (κ3) is 6.03. The SMILES string of the molecule is CCCCCOc1ccc(C2/C(=C(\O)c3ccc(C)cc3)C(=O)C(=O)N2CCOC)cc1OCC. The van der Waals surface area contributed by atoms with Gasteiger partial charge in [-0.25, -0.2) is 0 Å². The zero-order valence-electron chi connectivity index (χ0n) is 21.0. The lowest BCUT2D eigenvalue weighted by Crippen LogP contribution is -2.32. The van der Waals surface area contributed by atoms with E-state index in [1.807, 2.05) is 32.0 Å². The quantitative estimate of drug-likeness (QED) is 0.198. The summed E-state index contributed by atoms with van der Waals surface area (Å²) >= 11 is 0. The van der Waals surface area contributed by atoms with E-state index in [1.165, 1.54) is 12.0 Å². The van der Waals surface area contributed by atoms with Gasteiger partial charge in [0.15, 0.2) is 11.5 Å². The van der Waals surface area contributed by atoms with Gasteiger partial charge in [0, 0.05) is 19.2 Å². The fourth-order valence-electron chi connectivity index (χ4n) is 4.13. The predicted molar refractivity (Wildman–Crippen MR) is 135 cm³/mol. The molecule has 0 spiro atoms. The monoisotopic (exact) mass is 481 g/mol. The molecule has 7 heteroatoms. The molecule has 2 aromatic carbocycles. The number of ketones is 1. The fraction of sp³-hybridized carbons (Fsp3) is 0.429. The first-order valence-electron chi connectivity index (χ1n) is 12.2. The molecule has 7 nitrogen and oxygen atoms in total. The predicted octanol–water partition coefficient (Wildman–Crippen LogP) is 5.03. The highest BCUT2D eigenvalue weighted by Crippen LogP contribution is 2.42. The van der Waals surface area contributed by atoms with Crippen LogP contribution >= 0.6 is 0 Å². The summed E-state index contributed by atoms with van der Waals surface area (Å²) in [5.41, 5.74) is 2.20. The van der Waals surface area contributed by atoms with Crippen LogP contribution in [-0.4, -0.2) is 55.2 Å². The van der Waals surface area contributed by atoms with E-state index < -0.39 is 17.7 Å². The van der Waals surface area contributed by atoms with Gasteiger partial charge in [0.1, 0.15) is 5.76 Å². The molecule has 1 N–H and O–H groups in total. The zero-order valence-corrected chi connectivity index (χ0v) is 21.0. The standard InChI is InChI=1S/C28H35NO6/c1-5-7-8-16-35-22-14-13-21(18-23(22)34-6-2)25-24(26(30)20-11-9-19(3)10-12-20)27(31)28(32)29(25)15-17-33-4/h9-14,18,25,30H,5-8,15-17H2,1-4H3/b26-24+. The number of carbonyl (C=O) groups is 2. The molecule has 0 bridgehead atoms. The summed E-state index contributed by atoms with van der Waals surface area (Å²) in [4.78, 5) is 27.6. The van der Waals surface area contributed by atoms with Crippen molar-refractivity contribution >= 4 is 17.4 Å². The van der Waals surface area contributed by atoms with Crippen molar-refractivity contribution in [2.75, 3.05) is 33.5 Å². The molecule has 35 heavy (non-hydrogen) atoms. The van der Waals surface area contributed by atoms with Gasteiger partial charge < -0.3 is 24.2 Å². The largest absolute Gasteiger partial charge is 0.507 e. The highest BCUT2D eigenvalue weighted by molar-refractivity contribution is 6.46. The second-order valence-corrected chi connectivity index (χ2v) is 8.55. The third-order valence-electron chi connectivity index (χ3n) is 5.99. The van der Waals surface area contributed by atoms with Crippen LogP contribution in [0.2, 0.25) is 0 Å². The zero-order chi connectivity index (χ0) is 25.4. The van der Waals surface area contributed by atoms with E-state index in [0.29, 0.717) is 35.8 Å². The van der Waals surface area contributed by atoms with Crippen molar-refractivity contribution in [3.8, 4) is 11.5 Å². The molecular formula is C28H35NO6. The van der Waals surface area contributed by atoms with E-state index in [0.717, 1.165) is 24.8 Å². The minimum atomic E-state index is -0.778. The third-order valence-corrected chi connectivity index (χ3v) is 5.99. The van der Waals surface area contributed by atoms with Crippen LogP contribution in [0.15, 0.2) is 48.0 Å². The molecule has 1 saturated heterocycles. The number of aryl methyl sites for hydroxylation is 1. The summed E-state index contributed by atoms with van der Waals surface area (Å²) in [7, 11) is 1.54. The maximum absolute atomic E-state index is 13.1. The normalized spacial score (nSPS) is 17.1. The molecule has 1 amide bonds. The number of aliphatic hydroxyl groups excluding tert-OH is 1. The van der Waals surface area contributed by atoms with E-state index in [2.05, 4.69) is 6.92 Å². The highest BCUT2D eigenvalue weighted by Gasteiger charge is 2.46. The first-order valence-corrected chi connectivity index (χ1v) is 12.2. The molecular weight excluding hydrogens is 446 g/mol. The van der Waals surface area contributed by atoms with Crippen molar-refractivity contribution in [3.63, 3.8) is 0 Å². The Labute approximate surface area is 207 Å². The Bertz CT molecular complexity index is 1060. The number of aliphatic hydroxyl groups is 1. The Morgan fingerprint density at radius 2 is 1.71 bits per heavy atom. The number of hydrogen-bond donors (Lipinski definition) is 1. The van der Waals surface area contributed by atoms with Crippen LogP contribution in [0.25, 0.3) is 5.76 Å². The molecule has 1 unspecified atom stereocenters. The fourth-order valence-corrected chi connectivity index (χ4v) is 4.13. The van der Waals surface area contributed by atoms with Gasteiger partial charge in [-0.05, 0) is 38.0 Å². The number of carbonyl (C=O) groups excluding carboxylic acids is 2. The number of amides is 1. The number of unbranched alkanes of at least 4 members (excludes halogenated alkanes) is 2. The number of likely N-dealkylation sites (tertiary alicyclic amines) is 1. The molecule has 1 aliphatic heterocycles. The summed E-state index contributed by atoms with van der Waals surface area (Å²) in [6, 6.07) is 11.8. The number of nitrogens with zero attached hydrogens (tertiary/aromatic N) is 1. The molecule has 3 rings (SSSR count). The van der Waals surface area contributed by atoms with Gasteiger partial charge in [0.2, 0.25) is 0 Å². The molecule has 0 saturated carbocycles. The summed E-state index contributed by atoms with van der Waals surface area (Å²) in [6.45, 7) is 7.43. The number of rotatable bonds is 12. The van der Waals surface area contributed by atoms with Gasteiger partial charge in [-0.1, -0.05) is 55.7 Å². The van der Waals surface area contributed by atoms with Gasteiger partial charge in [0.25, 0.3) is 11.7 Å². The topological polar surface area (TPSA) is 85.3 Å². The van der Waals surface area contributed by atoms with Crippen molar-refractivity contribution in [1.29, 1.82) is 0 Å². The average Bonchev–Trinajstić information content (AvgIpc) is 3.11. The second kappa shape index (κ2) is 12.4. The summed E-state index contributed by atoms with van der Waals surface area (Å²) in [6.07, 6.45) is 3.12. The summed E-state index contributed by atoms with van der Waals surface area (Å²) in [5, 5.41) is 11.2. The molecule has 188 valence electrons. The van der Waals surface area contributed by atoms with Crippen LogP contribution < -0.4 is 9.47 Å². The lowest BCUT2D eigenvalue weighted by Gasteiger charge is -2.26. The molecule has 1 fully saturated rings. The van der Waals surface area contributed by atoms with Gasteiger partial charge >= 0.3 is 0 Å². The Morgan fingerprint density at radius 1 is 0.971 bits per heavy atom. The highest BCUT2D eigenvalue weighted by atomic mass is 16.5. The Balaban J connectivity index is 2.07. The van der Waals surface area contributed by atoms with Crippen LogP contribution in [0, 0.1) is 6.92 Å². The summed E-state index contributed by atoms with van der Waals surface area (Å²) < 4.78 is 17.0. The first kappa shape index (κ1) is 26.3. The van der Waals surface area contributed by atoms with Crippen molar-refractivity contribution in [3.05, 3.63) is 64.7 Å². The Hall–Kier alpha value is -3.32. The van der Waals surface area contributed by atoms with Crippen LogP contribution in [0.3, 0.4) is 0 Å². The van der Waals surface area contributed by atoms with Gasteiger partial charge in [0.05, 0.1) is 31.4 Å². The van der Waals surface area contributed by atoms with Crippen molar-refractivity contribution < 1.29 is 28.9 Å². The van der Waals surface area contributed by atoms with Gasteiger partial charge in [-0.3, -0.25) is 9.59 Å². The van der Waals surface area contributed by atoms with Crippen LogP contribution in [-0.2, 0) is 14.3 Å². The summed E-state index contributed by atoms with van der Waals surface area (Å²) in [5.74, 6) is -0.444. The Morgan fingerprint density at radius 3 is 2.37 bits per heavy atom. The maximum Gasteiger partial charge on any atom is 0.295 e. The van der Waals surface area contributed by atoms with E-state index in [1.54, 1.807) is 24.3 Å². The molecule has 0 radical (unpaired) electrons. The lowest BCUT2D eigenvalue weighted by molar-refractivity contribution is -0.140. The molecule has 1 atom stereocenters. The number of Topliss-reactive ketones (excluding diaryl/α,β-unsaturated/α-hetero) is 1. The number of hydrogen-bond acceptors (Lipinski definition) is 6.